The molecule has 1 aliphatic rings. The third-order valence-corrected chi connectivity index (χ3v) is 1.56. The molecule has 1 heteroatoms. The monoisotopic (exact) mass is 123 g/mol. The summed E-state index contributed by atoms with van der Waals surface area (Å²) in [6, 6.07) is 0. The first kappa shape index (κ1) is 6.56. The SMILES string of the molecule is CNCCC1C=CC=C1. The van der Waals surface area contributed by atoms with Gasteiger partial charge in [-0.05, 0) is 25.9 Å². The van der Waals surface area contributed by atoms with Gasteiger partial charge >= 0.3 is 0 Å². The van der Waals surface area contributed by atoms with E-state index in [0.717, 1.165) is 6.54 Å². The molecule has 0 saturated carbocycles. The quantitative estimate of drug-likeness (QED) is 0.597. The minimum Gasteiger partial charge on any atom is -0.320 e. The predicted molar refractivity (Wildman–Crippen MR) is 40.3 cm³/mol. The minimum atomic E-state index is 0.692. The van der Waals surface area contributed by atoms with Crippen molar-refractivity contribution in [1.82, 2.24) is 5.32 Å². The van der Waals surface area contributed by atoms with Gasteiger partial charge in [0, 0.05) is 0 Å². The second-order valence-corrected chi connectivity index (χ2v) is 2.33. The van der Waals surface area contributed by atoms with E-state index in [4.69, 9.17) is 0 Å². The Morgan fingerprint density at radius 3 is 2.56 bits per heavy atom. The number of rotatable bonds is 3. The topological polar surface area (TPSA) is 12.0 Å². The first-order valence-corrected chi connectivity index (χ1v) is 3.43. The normalized spacial score (nSPS) is 17.4. The standard InChI is InChI=1S/C8H13N/c1-9-7-6-8-4-2-3-5-8/h2-5,8-9H,6-7H2,1H3. The first-order chi connectivity index (χ1) is 4.43. The molecule has 0 heterocycles. The third kappa shape index (κ3) is 2.02. The zero-order valence-corrected chi connectivity index (χ0v) is 5.80. The van der Waals surface area contributed by atoms with Crippen LogP contribution in [-0.2, 0) is 0 Å². The molecular weight excluding hydrogens is 110 g/mol. The maximum atomic E-state index is 3.13. The van der Waals surface area contributed by atoms with Crippen molar-refractivity contribution < 1.29 is 0 Å². The van der Waals surface area contributed by atoms with Crippen molar-refractivity contribution in [3.05, 3.63) is 24.3 Å². The summed E-state index contributed by atoms with van der Waals surface area (Å²) in [4.78, 5) is 0. The van der Waals surface area contributed by atoms with Gasteiger partial charge in [0.15, 0.2) is 0 Å². The number of allylic oxidation sites excluding steroid dienone is 4. The summed E-state index contributed by atoms with van der Waals surface area (Å²) < 4.78 is 0. The van der Waals surface area contributed by atoms with Crippen LogP contribution in [0.5, 0.6) is 0 Å². The lowest BCUT2D eigenvalue weighted by Crippen LogP contribution is -2.10. The molecule has 0 saturated heterocycles. The lowest BCUT2D eigenvalue weighted by atomic mass is 10.1. The van der Waals surface area contributed by atoms with E-state index < -0.39 is 0 Å². The zero-order chi connectivity index (χ0) is 6.53. The van der Waals surface area contributed by atoms with Crippen molar-refractivity contribution in [3.63, 3.8) is 0 Å². The lowest BCUT2D eigenvalue weighted by Gasteiger charge is -2.01. The summed E-state index contributed by atoms with van der Waals surface area (Å²) in [5.74, 6) is 0.692. The molecule has 0 aliphatic heterocycles. The van der Waals surface area contributed by atoms with E-state index in [1.807, 2.05) is 7.05 Å². The van der Waals surface area contributed by atoms with Gasteiger partial charge in [0.05, 0.1) is 0 Å². The van der Waals surface area contributed by atoms with Gasteiger partial charge in [-0.3, -0.25) is 0 Å². The van der Waals surface area contributed by atoms with Crippen LogP contribution in [0.2, 0.25) is 0 Å². The number of hydrogen-bond donors (Lipinski definition) is 1. The molecule has 0 spiro atoms. The van der Waals surface area contributed by atoms with Gasteiger partial charge in [-0.1, -0.05) is 24.3 Å². The first-order valence-electron chi connectivity index (χ1n) is 3.43. The van der Waals surface area contributed by atoms with E-state index >= 15 is 0 Å². The second-order valence-electron chi connectivity index (χ2n) is 2.33. The van der Waals surface area contributed by atoms with E-state index in [1.165, 1.54) is 6.42 Å². The van der Waals surface area contributed by atoms with Crippen LogP contribution in [0.4, 0.5) is 0 Å². The van der Waals surface area contributed by atoms with Gasteiger partial charge in [0.1, 0.15) is 0 Å². The summed E-state index contributed by atoms with van der Waals surface area (Å²) >= 11 is 0. The lowest BCUT2D eigenvalue weighted by molar-refractivity contribution is 0.659. The second kappa shape index (κ2) is 3.46. The van der Waals surface area contributed by atoms with Crippen LogP contribution < -0.4 is 5.32 Å². The molecule has 1 nitrogen and oxygen atoms in total. The molecule has 0 aromatic rings. The van der Waals surface area contributed by atoms with Crippen molar-refractivity contribution in [1.29, 1.82) is 0 Å². The van der Waals surface area contributed by atoms with Crippen LogP contribution in [-0.4, -0.2) is 13.6 Å². The van der Waals surface area contributed by atoms with Crippen molar-refractivity contribution >= 4 is 0 Å². The molecule has 9 heavy (non-hydrogen) atoms. The van der Waals surface area contributed by atoms with Crippen LogP contribution in [0.25, 0.3) is 0 Å². The third-order valence-electron chi connectivity index (χ3n) is 1.56. The highest BCUT2D eigenvalue weighted by Crippen LogP contribution is 2.11. The molecule has 0 radical (unpaired) electrons. The summed E-state index contributed by atoms with van der Waals surface area (Å²) in [7, 11) is 1.99. The maximum absolute atomic E-state index is 3.13. The molecule has 50 valence electrons. The van der Waals surface area contributed by atoms with E-state index in [9.17, 15) is 0 Å². The van der Waals surface area contributed by atoms with E-state index in [2.05, 4.69) is 29.6 Å². The summed E-state index contributed by atoms with van der Waals surface area (Å²) in [5.41, 5.74) is 0. The van der Waals surface area contributed by atoms with Crippen molar-refractivity contribution in [2.24, 2.45) is 5.92 Å². The molecule has 0 unspecified atom stereocenters. The smallest absolute Gasteiger partial charge is 0.00352 e. The molecule has 1 aliphatic carbocycles. The van der Waals surface area contributed by atoms with Gasteiger partial charge in [0.2, 0.25) is 0 Å². The van der Waals surface area contributed by atoms with Crippen molar-refractivity contribution in [3.8, 4) is 0 Å². The zero-order valence-electron chi connectivity index (χ0n) is 5.80. The van der Waals surface area contributed by atoms with Gasteiger partial charge in [-0.2, -0.15) is 0 Å². The highest BCUT2D eigenvalue weighted by atomic mass is 14.8. The summed E-state index contributed by atoms with van der Waals surface area (Å²) in [5, 5.41) is 3.13. The number of hydrogen-bond acceptors (Lipinski definition) is 1. The highest BCUT2D eigenvalue weighted by Gasteiger charge is 2.00. The fourth-order valence-corrected chi connectivity index (χ4v) is 0.981. The fraction of sp³-hybridized carbons (Fsp3) is 0.500. The predicted octanol–water partition coefficient (Wildman–Crippen LogP) is 1.34. The summed E-state index contributed by atoms with van der Waals surface area (Å²) in [6.07, 6.45) is 9.92. The van der Waals surface area contributed by atoms with Gasteiger partial charge in [-0.15, -0.1) is 0 Å². The van der Waals surface area contributed by atoms with Crippen molar-refractivity contribution in [2.45, 2.75) is 6.42 Å². The Kier molecular flexibility index (Phi) is 2.52. The van der Waals surface area contributed by atoms with Crippen LogP contribution in [0.1, 0.15) is 6.42 Å². The Morgan fingerprint density at radius 1 is 1.33 bits per heavy atom. The molecule has 0 bridgehead atoms. The Hall–Kier alpha value is -0.560. The van der Waals surface area contributed by atoms with Gasteiger partial charge in [0.25, 0.3) is 0 Å². The molecule has 0 fully saturated rings. The van der Waals surface area contributed by atoms with Crippen molar-refractivity contribution in [2.75, 3.05) is 13.6 Å². The summed E-state index contributed by atoms with van der Waals surface area (Å²) in [6.45, 7) is 1.11. The van der Waals surface area contributed by atoms with Gasteiger partial charge < -0.3 is 5.32 Å². The molecule has 1 N–H and O–H groups in total. The van der Waals surface area contributed by atoms with Crippen LogP contribution in [0.3, 0.4) is 0 Å². The van der Waals surface area contributed by atoms with Crippen LogP contribution in [0.15, 0.2) is 24.3 Å². The molecule has 0 atom stereocenters. The van der Waals surface area contributed by atoms with E-state index in [-0.39, 0.29) is 0 Å². The van der Waals surface area contributed by atoms with Gasteiger partial charge in [-0.25, -0.2) is 0 Å². The molecular formula is C8H13N. The average molecular weight is 123 g/mol. The largest absolute Gasteiger partial charge is 0.320 e. The van der Waals surface area contributed by atoms with E-state index in [0.29, 0.717) is 5.92 Å². The Labute approximate surface area is 56.5 Å². The Balaban J connectivity index is 2.13. The van der Waals surface area contributed by atoms with Crippen LogP contribution in [0, 0.1) is 5.92 Å². The molecule has 1 rings (SSSR count). The molecule has 0 aromatic carbocycles. The molecule has 0 amide bonds. The number of nitrogens with one attached hydrogen (secondary N) is 1. The van der Waals surface area contributed by atoms with E-state index in [1.54, 1.807) is 0 Å². The minimum absolute atomic E-state index is 0.692. The van der Waals surface area contributed by atoms with Crippen LogP contribution >= 0.6 is 0 Å². The fourth-order valence-electron chi connectivity index (χ4n) is 0.981. The average Bonchev–Trinajstić information content (AvgIpc) is 2.34. The maximum Gasteiger partial charge on any atom is -0.00352 e. The highest BCUT2D eigenvalue weighted by molar-refractivity contribution is 5.17. The molecule has 0 aromatic heterocycles. The Morgan fingerprint density at radius 2 is 2.00 bits per heavy atom. The Bertz CT molecular complexity index is 113.